The zero-order valence-corrected chi connectivity index (χ0v) is 13.4. The Morgan fingerprint density at radius 1 is 0.783 bits per heavy atom. The van der Waals surface area contributed by atoms with Crippen LogP contribution in [0.25, 0.3) is 0 Å². The minimum atomic E-state index is -1.30. The molecule has 0 bridgehead atoms. The molecule has 0 spiro atoms. The van der Waals surface area contributed by atoms with Gasteiger partial charge in [-0.15, -0.1) is 0 Å². The van der Waals surface area contributed by atoms with E-state index in [1.165, 1.54) is 0 Å². The van der Waals surface area contributed by atoms with E-state index in [1.807, 2.05) is 0 Å². The summed E-state index contributed by atoms with van der Waals surface area (Å²) in [5.74, 6) is -2.85. The fourth-order valence-electron chi connectivity index (χ4n) is 1.75. The van der Waals surface area contributed by atoms with E-state index in [9.17, 15) is 24.0 Å². The Morgan fingerprint density at radius 2 is 1.26 bits per heavy atom. The molecule has 9 heteroatoms. The van der Waals surface area contributed by atoms with Crippen LogP contribution in [-0.4, -0.2) is 55.1 Å². The van der Waals surface area contributed by atoms with Crippen molar-refractivity contribution in [3.05, 3.63) is 0 Å². The van der Waals surface area contributed by atoms with E-state index >= 15 is 0 Å². The smallest absolute Gasteiger partial charge is 0.303 e. The summed E-state index contributed by atoms with van der Waals surface area (Å²) in [5.41, 5.74) is 0. The van der Waals surface area contributed by atoms with E-state index in [1.54, 1.807) is 0 Å². The topological polar surface area (TPSA) is 122 Å². The average molecular weight is 332 g/mol. The minimum Gasteiger partial charge on any atom is -0.462 e. The van der Waals surface area contributed by atoms with Gasteiger partial charge in [0.25, 0.3) is 0 Å². The number of ether oxygens (including phenoxy) is 4. The van der Waals surface area contributed by atoms with Crippen molar-refractivity contribution in [3.63, 3.8) is 0 Å². The van der Waals surface area contributed by atoms with E-state index in [0.717, 1.165) is 27.7 Å². The molecule has 0 saturated carbocycles. The van der Waals surface area contributed by atoms with Gasteiger partial charge in [-0.25, -0.2) is 0 Å². The van der Waals surface area contributed by atoms with Crippen molar-refractivity contribution in [1.29, 1.82) is 0 Å². The molecule has 0 radical (unpaired) electrons. The molecule has 130 valence electrons. The molecule has 3 atom stereocenters. The summed E-state index contributed by atoms with van der Waals surface area (Å²) in [7, 11) is 0. The fourth-order valence-corrected chi connectivity index (χ4v) is 1.75. The third kappa shape index (κ3) is 9.22. The van der Waals surface area contributed by atoms with Crippen molar-refractivity contribution in [1.82, 2.24) is 0 Å². The van der Waals surface area contributed by atoms with Crippen molar-refractivity contribution in [2.45, 2.75) is 52.4 Å². The Balaban J connectivity index is 5.45. The van der Waals surface area contributed by atoms with Gasteiger partial charge >= 0.3 is 23.9 Å². The van der Waals surface area contributed by atoms with Gasteiger partial charge < -0.3 is 23.7 Å². The Kier molecular flexibility index (Phi) is 9.21. The van der Waals surface area contributed by atoms with Crippen LogP contribution in [0.5, 0.6) is 0 Å². The fraction of sp³-hybridized carbons (Fsp3) is 0.643. The van der Waals surface area contributed by atoms with Gasteiger partial charge in [-0.3, -0.25) is 19.2 Å². The number of rotatable bonds is 9. The predicted molar refractivity (Wildman–Crippen MR) is 74.0 cm³/mol. The van der Waals surface area contributed by atoms with Crippen LogP contribution in [0.2, 0.25) is 0 Å². The quantitative estimate of drug-likeness (QED) is 0.324. The Morgan fingerprint density at radius 3 is 1.65 bits per heavy atom. The van der Waals surface area contributed by atoms with E-state index in [0.29, 0.717) is 6.29 Å². The molecule has 0 amide bonds. The molecule has 0 aliphatic rings. The summed E-state index contributed by atoms with van der Waals surface area (Å²) in [6.45, 7) is 4.02. The van der Waals surface area contributed by atoms with Gasteiger partial charge in [0.05, 0.1) is 0 Å². The number of hydrogen-bond donors (Lipinski definition) is 0. The summed E-state index contributed by atoms with van der Waals surface area (Å²) < 4.78 is 19.7. The van der Waals surface area contributed by atoms with Crippen LogP contribution in [0.1, 0.15) is 34.1 Å². The van der Waals surface area contributed by atoms with Gasteiger partial charge in [0.15, 0.2) is 12.2 Å². The summed E-state index contributed by atoms with van der Waals surface area (Å²) in [5, 5.41) is 0. The first kappa shape index (κ1) is 20.6. The minimum absolute atomic E-state index is 0.296. The van der Waals surface area contributed by atoms with Crippen molar-refractivity contribution < 1.29 is 42.9 Å². The molecular weight excluding hydrogens is 312 g/mol. The lowest BCUT2D eigenvalue weighted by molar-refractivity contribution is -0.189. The number of carbonyl (C=O) groups is 5. The number of aldehydes is 1. The van der Waals surface area contributed by atoms with Crippen LogP contribution in [0.3, 0.4) is 0 Å². The van der Waals surface area contributed by atoms with Crippen molar-refractivity contribution in [3.8, 4) is 0 Å². The summed E-state index contributed by atoms with van der Waals surface area (Å²) in [6, 6.07) is 0. The van der Waals surface area contributed by atoms with Gasteiger partial charge in [0.1, 0.15) is 19.0 Å². The normalized spacial score (nSPS) is 13.9. The van der Waals surface area contributed by atoms with Crippen LogP contribution in [0.15, 0.2) is 0 Å². The Labute approximate surface area is 133 Å². The van der Waals surface area contributed by atoms with E-state index in [4.69, 9.17) is 18.9 Å². The molecule has 0 aliphatic heterocycles. The van der Waals surface area contributed by atoms with Gasteiger partial charge in [-0.1, -0.05) is 0 Å². The molecule has 0 aliphatic carbocycles. The van der Waals surface area contributed by atoms with Crippen molar-refractivity contribution >= 4 is 30.2 Å². The molecule has 9 nitrogen and oxygen atoms in total. The average Bonchev–Trinajstić information content (AvgIpc) is 2.39. The molecule has 0 N–H and O–H groups in total. The van der Waals surface area contributed by atoms with Crippen LogP contribution >= 0.6 is 0 Å². The zero-order chi connectivity index (χ0) is 18.0. The Bertz CT molecular complexity index is 457. The van der Waals surface area contributed by atoms with Crippen LogP contribution < -0.4 is 0 Å². The molecule has 0 fully saturated rings. The first-order chi connectivity index (χ1) is 10.7. The highest BCUT2D eigenvalue weighted by Crippen LogP contribution is 2.17. The highest BCUT2D eigenvalue weighted by Gasteiger charge is 2.37. The molecule has 0 heterocycles. The largest absolute Gasteiger partial charge is 0.462 e. The lowest BCUT2D eigenvalue weighted by atomic mass is 10.1. The first-order valence-corrected chi connectivity index (χ1v) is 6.76. The van der Waals surface area contributed by atoms with Crippen LogP contribution in [0.4, 0.5) is 0 Å². The molecule has 0 rings (SSSR count). The Hall–Kier alpha value is -2.45. The van der Waals surface area contributed by atoms with Crippen LogP contribution in [0, 0.1) is 0 Å². The second-order valence-corrected chi connectivity index (χ2v) is 4.57. The summed E-state index contributed by atoms with van der Waals surface area (Å²) in [4.78, 5) is 55.4. The van der Waals surface area contributed by atoms with Gasteiger partial charge in [-0.2, -0.15) is 0 Å². The van der Waals surface area contributed by atoms with E-state index in [2.05, 4.69) is 0 Å². The van der Waals surface area contributed by atoms with E-state index in [-0.39, 0.29) is 6.42 Å². The summed E-state index contributed by atoms with van der Waals surface area (Å²) >= 11 is 0. The second-order valence-electron chi connectivity index (χ2n) is 4.57. The number of hydrogen-bond acceptors (Lipinski definition) is 9. The third-order valence-electron chi connectivity index (χ3n) is 2.45. The number of carbonyl (C=O) groups excluding carboxylic acids is 5. The van der Waals surface area contributed by atoms with Gasteiger partial charge in [-0.05, 0) is 0 Å². The number of esters is 4. The third-order valence-corrected chi connectivity index (χ3v) is 2.45. The monoisotopic (exact) mass is 332 g/mol. The van der Waals surface area contributed by atoms with Crippen LogP contribution in [-0.2, 0) is 42.9 Å². The highest BCUT2D eigenvalue weighted by atomic mass is 16.6. The lowest BCUT2D eigenvalue weighted by Crippen LogP contribution is -2.47. The van der Waals surface area contributed by atoms with E-state index < -0.39 is 48.8 Å². The molecular formula is C14H20O9. The molecule has 0 saturated heterocycles. The van der Waals surface area contributed by atoms with Crippen molar-refractivity contribution in [2.24, 2.45) is 0 Å². The second kappa shape index (κ2) is 10.3. The van der Waals surface area contributed by atoms with Gasteiger partial charge in [0, 0.05) is 34.1 Å². The molecule has 0 aromatic carbocycles. The summed E-state index contributed by atoms with van der Waals surface area (Å²) in [6.07, 6.45) is -3.56. The molecule has 23 heavy (non-hydrogen) atoms. The maximum absolute atomic E-state index is 11.3. The lowest BCUT2D eigenvalue weighted by Gasteiger charge is -2.30. The maximum atomic E-state index is 11.3. The van der Waals surface area contributed by atoms with Crippen molar-refractivity contribution in [2.75, 3.05) is 6.61 Å². The maximum Gasteiger partial charge on any atom is 0.303 e. The zero-order valence-electron chi connectivity index (χ0n) is 13.4. The molecule has 0 aromatic rings. The molecule has 0 unspecified atom stereocenters. The standard InChI is InChI=1S/C14H20O9/c1-8(16)20-7-13(22-10(3)18)14(23-11(4)19)12(5-6-15)21-9(2)17/h6,12-14H,5,7H2,1-4H3/t12-,13+,14+/m0/s1. The van der Waals surface area contributed by atoms with Gasteiger partial charge in [0.2, 0.25) is 0 Å². The first-order valence-electron chi connectivity index (χ1n) is 6.76. The highest BCUT2D eigenvalue weighted by molar-refractivity contribution is 5.69. The predicted octanol–water partition coefficient (Wildman–Crippen LogP) is -0.0664. The SMILES string of the molecule is CC(=O)OC[C@@H](OC(C)=O)[C@H](OC(C)=O)[C@H](CC=O)OC(C)=O. The molecule has 0 aromatic heterocycles.